The molecule has 2 heterocycles. The molecule has 2 aliphatic heterocycles. The second-order valence-electron chi connectivity index (χ2n) is 2.60. The lowest BCUT2D eigenvalue weighted by atomic mass is 9.99. The van der Waals surface area contributed by atoms with Crippen molar-refractivity contribution in [2.24, 2.45) is 15.9 Å². The number of dihydropyridines is 1. The van der Waals surface area contributed by atoms with E-state index in [1.165, 1.54) is 18.4 Å². The minimum atomic E-state index is -0.716. The molecule has 66 valence electrons. The molecule has 13 heavy (non-hydrogen) atoms. The Labute approximate surface area is 78.3 Å². The van der Waals surface area contributed by atoms with Gasteiger partial charge in [0.2, 0.25) is 0 Å². The molecule has 3 nitrogen and oxygen atoms in total. The molecule has 0 bridgehead atoms. The molecule has 0 N–H and O–H groups in total. The van der Waals surface area contributed by atoms with Gasteiger partial charge in [-0.2, -0.15) is 0 Å². The normalized spacial score (nSPS) is 26.2. The van der Waals surface area contributed by atoms with Crippen LogP contribution in [0, 0.1) is 5.92 Å². The van der Waals surface area contributed by atoms with E-state index in [9.17, 15) is 9.18 Å². The molecule has 0 aromatic rings. The first kappa shape index (κ1) is 8.31. The van der Waals surface area contributed by atoms with E-state index in [2.05, 4.69) is 9.98 Å². The molecule has 1 unspecified atom stereocenters. The highest BCUT2D eigenvalue weighted by molar-refractivity contribution is 6.34. The Hall–Kier alpha value is -1.29. The molecule has 0 aliphatic carbocycles. The van der Waals surface area contributed by atoms with Gasteiger partial charge in [0.1, 0.15) is 0 Å². The highest BCUT2D eigenvalue weighted by Crippen LogP contribution is 2.25. The number of carbonyl (C=O) groups excluding carboxylic acids is 1. The predicted molar refractivity (Wildman–Crippen MR) is 47.6 cm³/mol. The van der Waals surface area contributed by atoms with Crippen molar-refractivity contribution < 1.29 is 9.18 Å². The van der Waals surface area contributed by atoms with Crippen LogP contribution in [0.4, 0.5) is 4.39 Å². The summed E-state index contributed by atoms with van der Waals surface area (Å²) in [7, 11) is 0. The van der Waals surface area contributed by atoms with E-state index in [-0.39, 0.29) is 16.8 Å². The fourth-order valence-electron chi connectivity index (χ4n) is 1.13. The van der Waals surface area contributed by atoms with Gasteiger partial charge in [0.25, 0.3) is 5.91 Å². The molecule has 1 atom stereocenters. The highest BCUT2D eigenvalue weighted by atomic mass is 35.5. The van der Waals surface area contributed by atoms with E-state index >= 15 is 0 Å². The highest BCUT2D eigenvalue weighted by Gasteiger charge is 2.26. The number of amides is 1. The first-order valence-corrected chi connectivity index (χ1v) is 3.97. The van der Waals surface area contributed by atoms with Gasteiger partial charge < -0.3 is 0 Å². The van der Waals surface area contributed by atoms with Crippen LogP contribution in [-0.2, 0) is 4.79 Å². The summed E-state index contributed by atoms with van der Waals surface area (Å²) in [6.07, 6.45) is 4.27. The largest absolute Gasteiger partial charge is 0.269 e. The summed E-state index contributed by atoms with van der Waals surface area (Å²) in [5.74, 6) is -1.55. The van der Waals surface area contributed by atoms with E-state index in [0.717, 1.165) is 0 Å². The van der Waals surface area contributed by atoms with Crippen LogP contribution in [-0.4, -0.2) is 17.8 Å². The maximum Gasteiger partial charge on any atom is 0.269 e. The number of aliphatic imine (C=N–C) groups is 2. The molecule has 0 aromatic heterocycles. The third kappa shape index (κ3) is 1.33. The fraction of sp³-hybridized carbons (Fsp3) is 0.125. The van der Waals surface area contributed by atoms with Crippen LogP contribution in [0.25, 0.3) is 0 Å². The predicted octanol–water partition coefficient (Wildman–Crippen LogP) is 1.60. The zero-order valence-electron chi connectivity index (χ0n) is 6.37. The van der Waals surface area contributed by atoms with Crippen molar-refractivity contribution in [3.63, 3.8) is 0 Å². The Morgan fingerprint density at radius 2 is 2.31 bits per heavy atom. The lowest BCUT2D eigenvalue weighted by Crippen LogP contribution is -2.22. The smallest absolute Gasteiger partial charge is 0.267 e. The summed E-state index contributed by atoms with van der Waals surface area (Å²) in [5, 5.41) is -0.252. The minimum Gasteiger partial charge on any atom is -0.267 e. The van der Waals surface area contributed by atoms with Crippen molar-refractivity contribution in [2.75, 3.05) is 0 Å². The molecule has 2 aliphatic rings. The summed E-state index contributed by atoms with van der Waals surface area (Å²) in [4.78, 5) is 18.0. The monoisotopic (exact) mass is 198 g/mol. The maximum absolute atomic E-state index is 13.2. The summed E-state index contributed by atoms with van der Waals surface area (Å²) < 4.78 is 13.2. The van der Waals surface area contributed by atoms with Crippen LogP contribution in [0.5, 0.6) is 0 Å². The third-order valence-electron chi connectivity index (χ3n) is 1.75. The van der Waals surface area contributed by atoms with E-state index in [0.29, 0.717) is 0 Å². The average molecular weight is 199 g/mol. The SMILES string of the molecule is O=C1C=CC2C=NC(Cl)=C(F)C2=N1. The Morgan fingerprint density at radius 1 is 1.54 bits per heavy atom. The number of carbonyl (C=O) groups is 1. The van der Waals surface area contributed by atoms with Gasteiger partial charge >= 0.3 is 0 Å². The lowest BCUT2D eigenvalue weighted by Gasteiger charge is -2.16. The molecular weight excluding hydrogens is 195 g/mol. The van der Waals surface area contributed by atoms with E-state index < -0.39 is 11.7 Å². The molecule has 5 heteroatoms. The van der Waals surface area contributed by atoms with Crippen LogP contribution >= 0.6 is 11.6 Å². The minimum absolute atomic E-state index is 0.0486. The van der Waals surface area contributed by atoms with Gasteiger partial charge in [0.05, 0.1) is 11.6 Å². The van der Waals surface area contributed by atoms with Gasteiger partial charge in [0.15, 0.2) is 11.0 Å². The van der Waals surface area contributed by atoms with Gasteiger partial charge in [-0.05, 0) is 0 Å². The number of hydrogen-bond donors (Lipinski definition) is 0. The van der Waals surface area contributed by atoms with Crippen LogP contribution in [0.1, 0.15) is 0 Å². The molecular formula is C8H4ClFN2O. The second kappa shape index (κ2) is 2.88. The Balaban J connectivity index is 2.48. The topological polar surface area (TPSA) is 41.8 Å². The molecule has 1 amide bonds. The van der Waals surface area contributed by atoms with Crippen molar-refractivity contribution in [3.05, 3.63) is 23.1 Å². The first-order valence-electron chi connectivity index (χ1n) is 3.59. The molecule has 2 rings (SSSR count). The number of rotatable bonds is 0. The van der Waals surface area contributed by atoms with Crippen LogP contribution in [0.15, 0.2) is 33.1 Å². The van der Waals surface area contributed by atoms with Gasteiger partial charge in [0, 0.05) is 12.3 Å². The van der Waals surface area contributed by atoms with E-state index in [4.69, 9.17) is 11.6 Å². The van der Waals surface area contributed by atoms with Gasteiger partial charge in [-0.15, -0.1) is 0 Å². The number of allylic oxidation sites excluding steroid dienone is 2. The van der Waals surface area contributed by atoms with Crippen molar-refractivity contribution in [3.8, 4) is 0 Å². The Bertz CT molecular complexity index is 395. The van der Waals surface area contributed by atoms with Crippen molar-refractivity contribution in [1.29, 1.82) is 0 Å². The number of halogens is 2. The zero-order valence-corrected chi connectivity index (χ0v) is 7.12. The molecule has 0 saturated carbocycles. The summed E-state index contributed by atoms with van der Waals surface area (Å²) >= 11 is 5.43. The average Bonchev–Trinajstić information content (AvgIpc) is 2.12. The molecule has 0 aromatic carbocycles. The quantitative estimate of drug-likeness (QED) is 0.545. The Kier molecular flexibility index (Phi) is 1.84. The maximum atomic E-state index is 13.2. The van der Waals surface area contributed by atoms with Crippen molar-refractivity contribution in [1.82, 2.24) is 0 Å². The number of fused-ring (bicyclic) bond motifs is 1. The number of hydrogen-bond acceptors (Lipinski definition) is 2. The summed E-state index contributed by atoms with van der Waals surface area (Å²) in [6.45, 7) is 0. The standard InChI is InChI=1S/C8H4ClFN2O/c9-8-6(10)7-4(3-11-8)1-2-5(13)12-7/h1-4H. The van der Waals surface area contributed by atoms with Crippen molar-refractivity contribution in [2.45, 2.75) is 0 Å². The second-order valence-corrected chi connectivity index (χ2v) is 2.96. The summed E-state index contributed by atoms with van der Waals surface area (Å²) in [5.41, 5.74) is 0.0486. The van der Waals surface area contributed by atoms with Gasteiger partial charge in [-0.1, -0.05) is 17.7 Å². The van der Waals surface area contributed by atoms with Crippen LogP contribution in [0.3, 0.4) is 0 Å². The van der Waals surface area contributed by atoms with E-state index in [1.54, 1.807) is 0 Å². The fourth-order valence-corrected chi connectivity index (χ4v) is 1.28. The third-order valence-corrected chi connectivity index (χ3v) is 2.01. The first-order chi connectivity index (χ1) is 6.18. The Morgan fingerprint density at radius 3 is 3.08 bits per heavy atom. The van der Waals surface area contributed by atoms with Gasteiger partial charge in [-0.25, -0.2) is 14.4 Å². The van der Waals surface area contributed by atoms with Crippen LogP contribution in [0.2, 0.25) is 0 Å². The van der Waals surface area contributed by atoms with E-state index in [1.807, 2.05) is 0 Å². The van der Waals surface area contributed by atoms with Crippen molar-refractivity contribution >= 4 is 29.4 Å². The molecule has 0 spiro atoms. The van der Waals surface area contributed by atoms with Gasteiger partial charge in [-0.3, -0.25) is 4.79 Å². The molecule has 0 fully saturated rings. The lowest BCUT2D eigenvalue weighted by molar-refractivity contribution is -0.113. The zero-order chi connectivity index (χ0) is 9.42. The number of nitrogens with zero attached hydrogens (tertiary/aromatic N) is 2. The molecule has 0 saturated heterocycles. The van der Waals surface area contributed by atoms with Crippen LogP contribution < -0.4 is 0 Å². The summed E-state index contributed by atoms with van der Waals surface area (Å²) in [6, 6.07) is 0. The molecule has 0 radical (unpaired) electrons.